The standard InChI is InChI=1S/C22H32O3/c1-16(7-6-8-17(2)13-14-23)9-11-19-18(3)10-12-20(21(25)15-24)22(19,4)5/h6-9,11,13,20,23-24H,10,12,14-15H2,1-5H3/b8-6+,11-9+,16-7+,17-13+. The zero-order valence-corrected chi connectivity index (χ0v) is 16.2. The minimum atomic E-state index is -0.380. The molecule has 0 saturated heterocycles. The van der Waals surface area contributed by atoms with Crippen LogP contribution in [-0.2, 0) is 4.79 Å². The van der Waals surface area contributed by atoms with Crippen molar-refractivity contribution in [2.24, 2.45) is 11.3 Å². The highest BCUT2D eigenvalue weighted by atomic mass is 16.3. The van der Waals surface area contributed by atoms with Gasteiger partial charge in [0.05, 0.1) is 6.61 Å². The van der Waals surface area contributed by atoms with Crippen molar-refractivity contribution in [3.05, 3.63) is 58.7 Å². The molecular weight excluding hydrogens is 312 g/mol. The fourth-order valence-electron chi connectivity index (χ4n) is 3.46. The summed E-state index contributed by atoms with van der Waals surface area (Å²) in [5.74, 6) is -0.193. The predicted octanol–water partition coefficient (Wildman–Crippen LogP) is 4.30. The van der Waals surface area contributed by atoms with Gasteiger partial charge in [-0.2, -0.15) is 0 Å². The maximum absolute atomic E-state index is 12.1. The van der Waals surface area contributed by atoms with E-state index in [1.807, 2.05) is 32.1 Å². The normalized spacial score (nSPS) is 22.3. The van der Waals surface area contributed by atoms with E-state index in [1.54, 1.807) is 6.08 Å². The molecule has 0 radical (unpaired) electrons. The van der Waals surface area contributed by atoms with Crippen LogP contribution in [0.25, 0.3) is 0 Å². The number of allylic oxidation sites excluding steroid dienone is 9. The first kappa shape index (κ1) is 21.3. The van der Waals surface area contributed by atoms with E-state index < -0.39 is 0 Å². The fraction of sp³-hybridized carbons (Fsp3) is 0.500. The summed E-state index contributed by atoms with van der Waals surface area (Å²) < 4.78 is 0. The SMILES string of the molecule is CC1=C(/C=C/C(C)=C/C=C/C(C)=C/CO)C(C)(C)C(C(=O)CO)CC1. The summed E-state index contributed by atoms with van der Waals surface area (Å²) in [6.45, 7) is 9.97. The second kappa shape index (κ2) is 9.69. The zero-order valence-electron chi connectivity index (χ0n) is 16.2. The second-order valence-electron chi connectivity index (χ2n) is 7.37. The first-order chi connectivity index (χ1) is 11.7. The van der Waals surface area contributed by atoms with E-state index in [2.05, 4.69) is 32.9 Å². The van der Waals surface area contributed by atoms with E-state index in [-0.39, 0.29) is 30.3 Å². The van der Waals surface area contributed by atoms with Crippen molar-refractivity contribution in [3.63, 3.8) is 0 Å². The van der Waals surface area contributed by atoms with Crippen LogP contribution < -0.4 is 0 Å². The maximum Gasteiger partial charge on any atom is 0.162 e. The number of ketones is 1. The summed E-state index contributed by atoms with van der Waals surface area (Å²) >= 11 is 0. The molecule has 25 heavy (non-hydrogen) atoms. The Morgan fingerprint density at radius 2 is 1.88 bits per heavy atom. The summed E-state index contributed by atoms with van der Waals surface area (Å²) in [4.78, 5) is 12.1. The van der Waals surface area contributed by atoms with Gasteiger partial charge in [-0.1, -0.05) is 67.0 Å². The smallest absolute Gasteiger partial charge is 0.162 e. The summed E-state index contributed by atoms with van der Waals surface area (Å²) in [6, 6.07) is 0. The first-order valence-electron chi connectivity index (χ1n) is 8.88. The molecule has 1 atom stereocenters. The highest BCUT2D eigenvalue weighted by Gasteiger charge is 2.39. The lowest BCUT2D eigenvalue weighted by atomic mass is 9.64. The van der Waals surface area contributed by atoms with Crippen LogP contribution in [0.5, 0.6) is 0 Å². The molecule has 1 aliphatic carbocycles. The van der Waals surface area contributed by atoms with Crippen molar-refractivity contribution < 1.29 is 15.0 Å². The van der Waals surface area contributed by atoms with Gasteiger partial charge in [-0.25, -0.2) is 0 Å². The number of hydrogen-bond donors (Lipinski definition) is 2. The Kier molecular flexibility index (Phi) is 8.27. The molecule has 1 unspecified atom stereocenters. The Balaban J connectivity index is 2.97. The maximum atomic E-state index is 12.1. The van der Waals surface area contributed by atoms with Crippen LogP contribution >= 0.6 is 0 Å². The van der Waals surface area contributed by atoms with Crippen molar-refractivity contribution in [1.82, 2.24) is 0 Å². The van der Waals surface area contributed by atoms with Crippen LogP contribution in [-0.4, -0.2) is 29.2 Å². The number of hydrogen-bond acceptors (Lipinski definition) is 3. The lowest BCUT2D eigenvalue weighted by molar-refractivity contribution is -0.129. The third kappa shape index (κ3) is 5.94. The van der Waals surface area contributed by atoms with Gasteiger partial charge in [-0.15, -0.1) is 0 Å². The van der Waals surface area contributed by atoms with E-state index in [1.165, 1.54) is 11.1 Å². The van der Waals surface area contributed by atoms with E-state index in [9.17, 15) is 9.90 Å². The number of Topliss-reactive ketones (excluding diaryl/α,β-unsaturated/α-hetero) is 1. The van der Waals surface area contributed by atoms with Crippen LogP contribution in [0.4, 0.5) is 0 Å². The van der Waals surface area contributed by atoms with Crippen molar-refractivity contribution in [2.75, 3.05) is 13.2 Å². The Labute approximate surface area is 152 Å². The van der Waals surface area contributed by atoms with Gasteiger partial charge in [0.15, 0.2) is 5.78 Å². The van der Waals surface area contributed by atoms with Gasteiger partial charge in [-0.05, 0) is 44.6 Å². The molecule has 138 valence electrons. The van der Waals surface area contributed by atoms with Gasteiger partial charge in [0, 0.05) is 5.92 Å². The third-order valence-corrected chi connectivity index (χ3v) is 5.02. The van der Waals surface area contributed by atoms with E-state index >= 15 is 0 Å². The fourth-order valence-corrected chi connectivity index (χ4v) is 3.46. The Bertz CT molecular complexity index is 628. The van der Waals surface area contributed by atoms with Crippen molar-refractivity contribution in [1.29, 1.82) is 0 Å². The molecule has 0 aromatic rings. The lowest BCUT2D eigenvalue weighted by Crippen LogP contribution is -2.37. The zero-order chi connectivity index (χ0) is 19.0. The summed E-state index contributed by atoms with van der Waals surface area (Å²) in [5.41, 5.74) is 4.37. The Hall–Kier alpha value is -1.71. The van der Waals surface area contributed by atoms with Gasteiger partial charge < -0.3 is 10.2 Å². The van der Waals surface area contributed by atoms with E-state index in [4.69, 9.17) is 5.11 Å². The molecule has 0 amide bonds. The van der Waals surface area contributed by atoms with Gasteiger partial charge in [0.1, 0.15) is 6.61 Å². The molecule has 0 spiro atoms. The second-order valence-corrected chi connectivity index (χ2v) is 7.37. The summed E-state index contributed by atoms with van der Waals surface area (Å²) in [5, 5.41) is 18.1. The molecule has 1 rings (SSSR count). The van der Waals surface area contributed by atoms with Crippen LogP contribution in [0, 0.1) is 11.3 Å². The van der Waals surface area contributed by atoms with Crippen LogP contribution in [0.15, 0.2) is 58.7 Å². The average molecular weight is 344 g/mol. The van der Waals surface area contributed by atoms with E-state index in [0.29, 0.717) is 0 Å². The number of aliphatic hydroxyl groups is 2. The summed E-state index contributed by atoms with van der Waals surface area (Å²) in [7, 11) is 0. The Morgan fingerprint density at radius 1 is 1.20 bits per heavy atom. The van der Waals surface area contributed by atoms with Crippen LogP contribution in [0.3, 0.4) is 0 Å². The molecule has 0 fully saturated rings. The number of aliphatic hydroxyl groups excluding tert-OH is 2. The molecule has 0 bridgehead atoms. The topological polar surface area (TPSA) is 57.5 Å². The number of carbonyl (C=O) groups excluding carboxylic acids is 1. The Morgan fingerprint density at radius 3 is 2.48 bits per heavy atom. The number of rotatable bonds is 7. The minimum absolute atomic E-state index is 0.0506. The third-order valence-electron chi connectivity index (χ3n) is 5.02. The first-order valence-corrected chi connectivity index (χ1v) is 8.88. The van der Waals surface area contributed by atoms with Crippen LogP contribution in [0.1, 0.15) is 47.5 Å². The molecule has 3 heteroatoms. The van der Waals surface area contributed by atoms with Gasteiger partial charge >= 0.3 is 0 Å². The molecule has 2 N–H and O–H groups in total. The quantitative estimate of drug-likeness (QED) is 0.677. The van der Waals surface area contributed by atoms with Crippen molar-refractivity contribution in [3.8, 4) is 0 Å². The largest absolute Gasteiger partial charge is 0.392 e. The molecular formula is C22H32O3. The molecule has 1 aliphatic rings. The monoisotopic (exact) mass is 344 g/mol. The predicted molar refractivity (Wildman–Crippen MR) is 104 cm³/mol. The molecule has 0 aromatic carbocycles. The van der Waals surface area contributed by atoms with Crippen molar-refractivity contribution in [2.45, 2.75) is 47.5 Å². The van der Waals surface area contributed by atoms with E-state index in [0.717, 1.165) is 24.0 Å². The molecule has 3 nitrogen and oxygen atoms in total. The van der Waals surface area contributed by atoms with Gasteiger partial charge in [-0.3, -0.25) is 4.79 Å². The number of carbonyl (C=O) groups is 1. The minimum Gasteiger partial charge on any atom is -0.392 e. The molecule has 0 saturated carbocycles. The highest BCUT2D eigenvalue weighted by Crippen LogP contribution is 2.45. The average Bonchev–Trinajstić information content (AvgIpc) is 2.53. The van der Waals surface area contributed by atoms with Crippen LogP contribution in [0.2, 0.25) is 0 Å². The van der Waals surface area contributed by atoms with Crippen molar-refractivity contribution >= 4 is 5.78 Å². The lowest BCUT2D eigenvalue weighted by Gasteiger charge is -2.39. The highest BCUT2D eigenvalue weighted by molar-refractivity contribution is 5.83. The van der Waals surface area contributed by atoms with Gasteiger partial charge in [0.2, 0.25) is 0 Å². The molecule has 0 aliphatic heterocycles. The molecule has 0 aromatic heterocycles. The molecule has 0 heterocycles. The summed E-state index contributed by atoms with van der Waals surface area (Å²) in [6.07, 6.45) is 13.6. The van der Waals surface area contributed by atoms with Gasteiger partial charge in [0.25, 0.3) is 0 Å².